The standard InChI is InChI=1S/2C9H16O2/c2*1-3-4-8-11-9-6-5-7-10-2/h2*3-4,8H,1,5-7,9H2,2H3. The summed E-state index contributed by atoms with van der Waals surface area (Å²) < 4.78 is 20.0. The first kappa shape index (κ1) is 22.8. The van der Waals surface area contributed by atoms with E-state index >= 15 is 0 Å². The zero-order valence-electron chi connectivity index (χ0n) is 14.2. The molecule has 0 atom stereocenters. The van der Waals surface area contributed by atoms with Crippen molar-refractivity contribution in [2.24, 2.45) is 0 Å². The van der Waals surface area contributed by atoms with Crippen LogP contribution in [0.5, 0.6) is 0 Å². The van der Waals surface area contributed by atoms with Crippen molar-refractivity contribution < 1.29 is 18.9 Å². The van der Waals surface area contributed by atoms with Crippen LogP contribution in [0.3, 0.4) is 0 Å². The molecule has 0 saturated carbocycles. The molecule has 0 aliphatic heterocycles. The number of unbranched alkanes of at least 4 members (excludes halogenated alkanes) is 2. The topological polar surface area (TPSA) is 36.9 Å². The second-order valence-electron chi connectivity index (χ2n) is 4.27. The molecule has 0 radical (unpaired) electrons. The average Bonchev–Trinajstić information content (AvgIpc) is 2.54. The highest BCUT2D eigenvalue weighted by molar-refractivity contribution is 4.93. The summed E-state index contributed by atoms with van der Waals surface area (Å²) in [6, 6.07) is 0. The van der Waals surface area contributed by atoms with E-state index in [2.05, 4.69) is 13.2 Å². The van der Waals surface area contributed by atoms with Gasteiger partial charge in [0.25, 0.3) is 0 Å². The van der Waals surface area contributed by atoms with E-state index < -0.39 is 0 Å². The number of hydrogen-bond donors (Lipinski definition) is 0. The number of rotatable bonds is 14. The summed E-state index contributed by atoms with van der Waals surface area (Å²) in [6.45, 7) is 10.2. The van der Waals surface area contributed by atoms with Crippen LogP contribution in [0, 0.1) is 0 Å². The number of allylic oxidation sites excluding steroid dienone is 4. The molecule has 0 aromatic heterocycles. The number of methoxy groups -OCH3 is 2. The molecule has 0 saturated heterocycles. The third-order valence-electron chi connectivity index (χ3n) is 2.34. The maximum atomic E-state index is 5.11. The van der Waals surface area contributed by atoms with Gasteiger partial charge < -0.3 is 18.9 Å². The first-order valence-corrected chi connectivity index (χ1v) is 7.59. The lowest BCUT2D eigenvalue weighted by atomic mass is 10.3. The van der Waals surface area contributed by atoms with Crippen molar-refractivity contribution in [3.8, 4) is 0 Å². The van der Waals surface area contributed by atoms with Crippen molar-refractivity contribution in [1.82, 2.24) is 0 Å². The second-order valence-corrected chi connectivity index (χ2v) is 4.27. The number of ether oxygens (including phenoxy) is 4. The fraction of sp³-hybridized carbons (Fsp3) is 0.556. The van der Waals surface area contributed by atoms with E-state index in [1.54, 1.807) is 51.0 Å². The Balaban J connectivity index is 0. The van der Waals surface area contributed by atoms with Gasteiger partial charge in [-0.15, -0.1) is 0 Å². The smallest absolute Gasteiger partial charge is 0.0874 e. The summed E-state index contributed by atoms with van der Waals surface area (Å²) in [5.74, 6) is 0. The highest BCUT2D eigenvalue weighted by atomic mass is 16.5. The van der Waals surface area contributed by atoms with Gasteiger partial charge in [-0.25, -0.2) is 0 Å². The molecule has 0 N–H and O–H groups in total. The molecule has 0 rings (SSSR count). The third kappa shape index (κ3) is 26.9. The molecule has 128 valence electrons. The fourth-order valence-electron chi connectivity index (χ4n) is 1.22. The molecule has 0 aliphatic rings. The predicted molar refractivity (Wildman–Crippen MR) is 92.8 cm³/mol. The molecule has 0 unspecified atom stereocenters. The summed E-state index contributed by atoms with van der Waals surface area (Å²) in [7, 11) is 3.41. The lowest BCUT2D eigenvalue weighted by Crippen LogP contribution is -1.92. The molecule has 0 bridgehead atoms. The van der Waals surface area contributed by atoms with Gasteiger partial charge in [-0.3, -0.25) is 0 Å². The Morgan fingerprint density at radius 1 is 0.636 bits per heavy atom. The Kier molecular flexibility index (Phi) is 25.3. The van der Waals surface area contributed by atoms with E-state index in [0.717, 1.165) is 52.1 Å². The summed E-state index contributed by atoms with van der Waals surface area (Å²) in [4.78, 5) is 0. The summed E-state index contributed by atoms with van der Waals surface area (Å²) in [6.07, 6.45) is 14.4. The molecule has 0 aromatic carbocycles. The van der Waals surface area contributed by atoms with E-state index in [9.17, 15) is 0 Å². The molecule has 0 spiro atoms. The van der Waals surface area contributed by atoms with Crippen molar-refractivity contribution in [1.29, 1.82) is 0 Å². The van der Waals surface area contributed by atoms with Crippen LogP contribution in [0.15, 0.2) is 50.0 Å². The summed E-state index contributed by atoms with van der Waals surface area (Å²) >= 11 is 0. The van der Waals surface area contributed by atoms with Crippen LogP contribution in [0.25, 0.3) is 0 Å². The molecule has 4 heteroatoms. The van der Waals surface area contributed by atoms with E-state index in [4.69, 9.17) is 18.9 Å². The van der Waals surface area contributed by atoms with Crippen LogP contribution in [-0.2, 0) is 18.9 Å². The van der Waals surface area contributed by atoms with Crippen molar-refractivity contribution in [3.05, 3.63) is 50.0 Å². The molecular formula is C18H32O4. The molecule has 22 heavy (non-hydrogen) atoms. The van der Waals surface area contributed by atoms with Crippen molar-refractivity contribution in [3.63, 3.8) is 0 Å². The highest BCUT2D eigenvalue weighted by Gasteiger charge is 1.85. The highest BCUT2D eigenvalue weighted by Crippen LogP contribution is 1.91. The minimum atomic E-state index is 0.758. The first-order valence-electron chi connectivity index (χ1n) is 7.59. The Bertz CT molecular complexity index is 244. The van der Waals surface area contributed by atoms with Gasteiger partial charge in [0.2, 0.25) is 0 Å². The van der Waals surface area contributed by atoms with E-state index in [1.165, 1.54) is 0 Å². The maximum Gasteiger partial charge on any atom is 0.0874 e. The lowest BCUT2D eigenvalue weighted by molar-refractivity contribution is 0.175. The zero-order chi connectivity index (χ0) is 16.7. The minimum Gasteiger partial charge on any atom is -0.501 e. The molecule has 4 nitrogen and oxygen atoms in total. The average molecular weight is 312 g/mol. The van der Waals surface area contributed by atoms with Crippen molar-refractivity contribution >= 4 is 0 Å². The molecule has 0 fully saturated rings. The Morgan fingerprint density at radius 2 is 1.00 bits per heavy atom. The van der Waals surface area contributed by atoms with E-state index in [1.807, 2.05) is 0 Å². The minimum absolute atomic E-state index is 0.758. The van der Waals surface area contributed by atoms with Gasteiger partial charge in [-0.2, -0.15) is 0 Å². The van der Waals surface area contributed by atoms with Crippen molar-refractivity contribution in [2.45, 2.75) is 25.7 Å². The summed E-state index contributed by atoms with van der Waals surface area (Å²) in [5.41, 5.74) is 0. The summed E-state index contributed by atoms with van der Waals surface area (Å²) in [5, 5.41) is 0. The monoisotopic (exact) mass is 312 g/mol. The molecule has 0 aliphatic carbocycles. The van der Waals surface area contributed by atoms with E-state index in [-0.39, 0.29) is 0 Å². The second kappa shape index (κ2) is 24.5. The Morgan fingerprint density at radius 3 is 1.32 bits per heavy atom. The van der Waals surface area contributed by atoms with Crippen LogP contribution < -0.4 is 0 Å². The van der Waals surface area contributed by atoms with Gasteiger partial charge in [-0.1, -0.05) is 25.3 Å². The van der Waals surface area contributed by atoms with Gasteiger partial charge in [0, 0.05) is 27.4 Å². The van der Waals surface area contributed by atoms with Gasteiger partial charge in [0.05, 0.1) is 25.7 Å². The SMILES string of the molecule is C=CC=COCCCCOC.C=CC=COCCCCOC. The first-order chi connectivity index (χ1) is 10.8. The number of hydrogen-bond acceptors (Lipinski definition) is 4. The maximum absolute atomic E-state index is 5.11. The van der Waals surface area contributed by atoms with Crippen molar-refractivity contribution in [2.75, 3.05) is 40.6 Å². The lowest BCUT2D eigenvalue weighted by Gasteiger charge is -1.99. The van der Waals surface area contributed by atoms with Gasteiger partial charge in [0.15, 0.2) is 0 Å². The zero-order valence-corrected chi connectivity index (χ0v) is 14.2. The van der Waals surface area contributed by atoms with E-state index in [0.29, 0.717) is 0 Å². The normalized spacial score (nSPS) is 10.3. The van der Waals surface area contributed by atoms with Crippen LogP contribution in [0.4, 0.5) is 0 Å². The Hall–Kier alpha value is -1.52. The van der Waals surface area contributed by atoms with Gasteiger partial charge in [0.1, 0.15) is 0 Å². The quantitative estimate of drug-likeness (QED) is 0.273. The van der Waals surface area contributed by atoms with Crippen LogP contribution in [-0.4, -0.2) is 40.6 Å². The molecule has 0 amide bonds. The molecule has 0 heterocycles. The van der Waals surface area contributed by atoms with Crippen LogP contribution >= 0.6 is 0 Å². The van der Waals surface area contributed by atoms with Gasteiger partial charge in [-0.05, 0) is 37.8 Å². The Labute approximate surface area is 136 Å². The van der Waals surface area contributed by atoms with Crippen LogP contribution in [0.1, 0.15) is 25.7 Å². The van der Waals surface area contributed by atoms with Gasteiger partial charge >= 0.3 is 0 Å². The third-order valence-corrected chi connectivity index (χ3v) is 2.34. The fourth-order valence-corrected chi connectivity index (χ4v) is 1.22. The largest absolute Gasteiger partial charge is 0.501 e. The van der Waals surface area contributed by atoms with Crippen LogP contribution in [0.2, 0.25) is 0 Å². The molecule has 0 aromatic rings. The molecular weight excluding hydrogens is 280 g/mol. The predicted octanol–water partition coefficient (Wildman–Crippen LogP) is 4.26.